The van der Waals surface area contributed by atoms with Gasteiger partial charge in [-0.2, -0.15) is 8.42 Å². The molecule has 0 aliphatic heterocycles. The van der Waals surface area contributed by atoms with Crippen molar-refractivity contribution in [3.63, 3.8) is 0 Å². The Bertz CT molecular complexity index is 833. The minimum atomic E-state index is -3.67. The third kappa shape index (κ3) is 10.3. The van der Waals surface area contributed by atoms with Crippen LogP contribution in [-0.4, -0.2) is 31.2 Å². The van der Waals surface area contributed by atoms with Gasteiger partial charge in [0.2, 0.25) is 5.91 Å². The van der Waals surface area contributed by atoms with Crippen LogP contribution < -0.4 is 15.8 Å². The van der Waals surface area contributed by atoms with E-state index in [1.165, 1.54) is 6.07 Å². The van der Waals surface area contributed by atoms with Crippen LogP contribution in [0.4, 0.5) is 4.39 Å². The van der Waals surface area contributed by atoms with Crippen molar-refractivity contribution < 1.29 is 26.9 Å². The Morgan fingerprint density at radius 1 is 1.22 bits per heavy atom. The van der Waals surface area contributed by atoms with E-state index < -0.39 is 10.1 Å². The van der Waals surface area contributed by atoms with Gasteiger partial charge in [0.05, 0.1) is 12.3 Å². The van der Waals surface area contributed by atoms with Gasteiger partial charge in [-0.1, -0.05) is 30.3 Å². The van der Waals surface area contributed by atoms with Crippen LogP contribution in [0.25, 0.3) is 0 Å². The molecule has 27 heavy (non-hydrogen) atoms. The van der Waals surface area contributed by atoms with Crippen LogP contribution in [0.15, 0.2) is 48.5 Å². The highest BCUT2D eigenvalue weighted by molar-refractivity contribution is 7.85. The Morgan fingerprint density at radius 2 is 1.78 bits per heavy atom. The van der Waals surface area contributed by atoms with Gasteiger partial charge in [-0.25, -0.2) is 4.39 Å². The van der Waals surface area contributed by atoms with Gasteiger partial charge in [0.15, 0.2) is 0 Å². The van der Waals surface area contributed by atoms with E-state index in [0.29, 0.717) is 24.1 Å². The molecule has 7 nitrogen and oxygen atoms in total. The van der Waals surface area contributed by atoms with E-state index >= 15 is 0 Å². The topological polar surface area (TPSA) is 119 Å². The van der Waals surface area contributed by atoms with Gasteiger partial charge in [-0.3, -0.25) is 9.35 Å². The Balaban J connectivity index is 0.000000646. The van der Waals surface area contributed by atoms with Crippen LogP contribution in [0.2, 0.25) is 0 Å². The fourth-order valence-corrected chi connectivity index (χ4v) is 1.85. The van der Waals surface area contributed by atoms with E-state index in [9.17, 15) is 17.6 Å². The first-order chi connectivity index (χ1) is 12.6. The van der Waals surface area contributed by atoms with Crippen LogP contribution >= 0.6 is 0 Å². The SMILES string of the molecule is CC(NCc1ccc(OCc2ccccc2F)cc1)C(N)=O.CS(=O)(=O)O. The lowest BCUT2D eigenvalue weighted by atomic mass is 10.2. The number of nitrogens with two attached hydrogens (primary N) is 1. The van der Waals surface area contributed by atoms with Gasteiger partial charge in [-0.05, 0) is 30.7 Å². The highest BCUT2D eigenvalue weighted by Gasteiger charge is 2.07. The lowest BCUT2D eigenvalue weighted by molar-refractivity contribution is -0.119. The minimum absolute atomic E-state index is 0.184. The summed E-state index contributed by atoms with van der Waals surface area (Å²) in [5.41, 5.74) is 6.70. The predicted octanol–water partition coefficient (Wildman–Crippen LogP) is 1.87. The zero-order valence-electron chi connectivity index (χ0n) is 15.1. The standard InChI is InChI=1S/C17H19FN2O2.CH4O3S/c1-12(17(19)21)20-10-13-6-8-15(9-7-13)22-11-14-4-2-3-5-16(14)18;1-5(2,3)4/h2-9,12,20H,10-11H2,1H3,(H2,19,21);1H3,(H,2,3,4). The van der Waals surface area contributed by atoms with Crippen LogP contribution in [0.1, 0.15) is 18.1 Å². The summed E-state index contributed by atoms with van der Waals surface area (Å²) in [5, 5.41) is 3.02. The Kier molecular flexibility index (Phi) is 8.86. The van der Waals surface area contributed by atoms with E-state index in [1.54, 1.807) is 25.1 Å². The molecule has 148 valence electrons. The van der Waals surface area contributed by atoms with Crippen molar-refractivity contribution in [3.8, 4) is 5.75 Å². The predicted molar refractivity (Wildman–Crippen MR) is 100 cm³/mol. The first-order valence-electron chi connectivity index (χ1n) is 7.96. The molecule has 0 saturated carbocycles. The summed E-state index contributed by atoms with van der Waals surface area (Å²) in [6.07, 6.45) is 0.715. The normalized spacial score (nSPS) is 11.9. The summed E-state index contributed by atoms with van der Waals surface area (Å²) in [5.74, 6) is 0.00329. The molecule has 1 amide bonds. The van der Waals surface area contributed by atoms with Gasteiger partial charge in [-0.15, -0.1) is 0 Å². The molecule has 0 heterocycles. The average molecular weight is 398 g/mol. The van der Waals surface area contributed by atoms with Crippen LogP contribution in [0.5, 0.6) is 5.75 Å². The highest BCUT2D eigenvalue weighted by atomic mass is 32.2. The maximum atomic E-state index is 13.5. The summed E-state index contributed by atoms with van der Waals surface area (Å²) >= 11 is 0. The number of nitrogens with one attached hydrogen (secondary N) is 1. The van der Waals surface area contributed by atoms with Gasteiger partial charge in [0.1, 0.15) is 18.2 Å². The van der Waals surface area contributed by atoms with E-state index in [4.69, 9.17) is 15.0 Å². The van der Waals surface area contributed by atoms with Crippen molar-refractivity contribution in [1.82, 2.24) is 5.32 Å². The average Bonchev–Trinajstić information content (AvgIpc) is 2.58. The molecule has 2 aromatic rings. The maximum absolute atomic E-state index is 13.5. The molecule has 0 spiro atoms. The van der Waals surface area contributed by atoms with Crippen LogP contribution in [0.3, 0.4) is 0 Å². The van der Waals surface area contributed by atoms with Gasteiger partial charge in [0.25, 0.3) is 10.1 Å². The summed E-state index contributed by atoms with van der Waals surface area (Å²) < 4.78 is 44.9. The summed E-state index contributed by atoms with van der Waals surface area (Å²) in [6.45, 7) is 2.44. The number of hydrogen-bond acceptors (Lipinski definition) is 5. The maximum Gasteiger partial charge on any atom is 0.261 e. The van der Waals surface area contributed by atoms with Crippen molar-refractivity contribution in [2.24, 2.45) is 5.73 Å². The van der Waals surface area contributed by atoms with Crippen molar-refractivity contribution in [3.05, 3.63) is 65.5 Å². The van der Waals surface area contributed by atoms with Crippen molar-refractivity contribution >= 4 is 16.0 Å². The van der Waals surface area contributed by atoms with Gasteiger partial charge in [0, 0.05) is 12.1 Å². The molecule has 2 rings (SSSR count). The van der Waals surface area contributed by atoms with Crippen molar-refractivity contribution in [2.45, 2.75) is 26.1 Å². The van der Waals surface area contributed by atoms with E-state index in [0.717, 1.165) is 5.56 Å². The number of carbonyl (C=O) groups is 1. The number of primary amides is 1. The smallest absolute Gasteiger partial charge is 0.261 e. The zero-order chi connectivity index (χ0) is 20.4. The summed E-state index contributed by atoms with van der Waals surface area (Å²) in [4.78, 5) is 10.9. The second kappa shape index (κ2) is 10.6. The second-order valence-corrected chi connectivity index (χ2v) is 7.23. The number of ether oxygens (including phenoxy) is 1. The van der Waals surface area contributed by atoms with Crippen LogP contribution in [0, 0.1) is 5.82 Å². The lowest BCUT2D eigenvalue weighted by Crippen LogP contribution is -2.38. The highest BCUT2D eigenvalue weighted by Crippen LogP contribution is 2.15. The fraction of sp³-hybridized carbons (Fsp3) is 0.278. The first kappa shape index (κ1) is 22.6. The molecule has 0 bridgehead atoms. The number of hydrogen-bond donors (Lipinski definition) is 3. The molecule has 1 atom stereocenters. The molecule has 1 unspecified atom stereocenters. The molecule has 2 aromatic carbocycles. The zero-order valence-corrected chi connectivity index (χ0v) is 15.9. The van der Waals surface area contributed by atoms with Gasteiger partial charge < -0.3 is 15.8 Å². The van der Waals surface area contributed by atoms with Crippen LogP contribution in [-0.2, 0) is 28.1 Å². The Labute approximate surface area is 158 Å². The third-order valence-electron chi connectivity index (χ3n) is 3.31. The monoisotopic (exact) mass is 398 g/mol. The molecule has 0 aliphatic carbocycles. The van der Waals surface area contributed by atoms with Gasteiger partial charge >= 0.3 is 0 Å². The molecule has 0 aromatic heterocycles. The Hall–Kier alpha value is -2.49. The first-order valence-corrected chi connectivity index (χ1v) is 9.81. The molecule has 0 fully saturated rings. The molecular weight excluding hydrogens is 375 g/mol. The van der Waals surface area contributed by atoms with E-state index in [1.807, 2.05) is 24.3 Å². The minimum Gasteiger partial charge on any atom is -0.489 e. The molecule has 0 aliphatic rings. The summed E-state index contributed by atoms with van der Waals surface area (Å²) in [7, 11) is -3.67. The molecule has 9 heteroatoms. The van der Waals surface area contributed by atoms with Crippen molar-refractivity contribution in [2.75, 3.05) is 6.26 Å². The Morgan fingerprint density at radius 3 is 2.30 bits per heavy atom. The molecule has 0 radical (unpaired) electrons. The quantitative estimate of drug-likeness (QED) is 0.613. The van der Waals surface area contributed by atoms with E-state index in [-0.39, 0.29) is 24.4 Å². The number of amides is 1. The second-order valence-electron chi connectivity index (χ2n) is 5.76. The number of carbonyl (C=O) groups excluding carboxylic acids is 1. The lowest BCUT2D eigenvalue weighted by Gasteiger charge is -2.11. The largest absolute Gasteiger partial charge is 0.489 e. The summed E-state index contributed by atoms with van der Waals surface area (Å²) in [6, 6.07) is 13.5. The number of halogens is 1. The van der Waals surface area contributed by atoms with E-state index in [2.05, 4.69) is 5.32 Å². The fourth-order valence-electron chi connectivity index (χ4n) is 1.85. The molecule has 4 N–H and O–H groups in total. The molecular formula is C18H23FN2O5S. The molecule has 0 saturated heterocycles. The number of benzene rings is 2. The third-order valence-corrected chi connectivity index (χ3v) is 3.31. The number of rotatable bonds is 7. The van der Waals surface area contributed by atoms with Crippen molar-refractivity contribution in [1.29, 1.82) is 0 Å².